The zero-order valence-electron chi connectivity index (χ0n) is 23.9. The van der Waals surface area contributed by atoms with Crippen molar-refractivity contribution in [2.45, 2.75) is 13.5 Å². The fourth-order valence-corrected chi connectivity index (χ4v) is 5.36. The molecule has 4 aromatic carbocycles. The first-order chi connectivity index (χ1) is 19.5. The molecular formula is C32H34N2O6. The van der Waals surface area contributed by atoms with E-state index in [9.17, 15) is 0 Å². The lowest BCUT2D eigenvalue weighted by Crippen LogP contribution is -2.12. The van der Waals surface area contributed by atoms with E-state index in [1.807, 2.05) is 24.3 Å². The summed E-state index contributed by atoms with van der Waals surface area (Å²) < 4.78 is 36.4. The van der Waals surface area contributed by atoms with E-state index in [2.05, 4.69) is 58.9 Å². The van der Waals surface area contributed by atoms with Gasteiger partial charge in [0.15, 0.2) is 23.0 Å². The fraction of sp³-hybridized carbons (Fsp3) is 0.250. The van der Waals surface area contributed by atoms with Crippen molar-refractivity contribution in [3.05, 3.63) is 66.7 Å². The molecular weight excluding hydrogens is 508 g/mol. The highest BCUT2D eigenvalue weighted by molar-refractivity contribution is 6.09. The number of nitrogens with zero attached hydrogens (tertiary/aromatic N) is 2. The van der Waals surface area contributed by atoms with E-state index in [4.69, 9.17) is 28.4 Å². The second-order valence-electron chi connectivity index (χ2n) is 9.07. The van der Waals surface area contributed by atoms with E-state index in [0.717, 1.165) is 29.0 Å². The van der Waals surface area contributed by atoms with Gasteiger partial charge in [0.2, 0.25) is 11.5 Å². The average molecular weight is 543 g/mol. The molecule has 208 valence electrons. The van der Waals surface area contributed by atoms with E-state index in [1.54, 1.807) is 42.7 Å². The first-order valence-corrected chi connectivity index (χ1v) is 12.9. The minimum Gasteiger partial charge on any atom is -0.493 e. The minimum atomic E-state index is 0.514. The highest BCUT2D eigenvalue weighted by Crippen LogP contribution is 2.49. The molecule has 0 fully saturated rings. The van der Waals surface area contributed by atoms with Gasteiger partial charge in [-0.25, -0.2) is 0 Å². The maximum absolute atomic E-state index is 5.71. The van der Waals surface area contributed by atoms with E-state index in [-0.39, 0.29) is 0 Å². The Morgan fingerprint density at radius 3 is 1.45 bits per heavy atom. The number of fused-ring (bicyclic) bond motifs is 3. The molecule has 40 heavy (non-hydrogen) atoms. The average Bonchev–Trinajstić information content (AvgIpc) is 3.32. The van der Waals surface area contributed by atoms with Crippen molar-refractivity contribution < 1.29 is 28.4 Å². The second kappa shape index (κ2) is 11.2. The largest absolute Gasteiger partial charge is 0.493 e. The van der Waals surface area contributed by atoms with Crippen molar-refractivity contribution in [3.63, 3.8) is 0 Å². The molecule has 0 saturated heterocycles. The number of hydrogen-bond acceptors (Lipinski definition) is 7. The highest BCUT2D eigenvalue weighted by Gasteiger charge is 2.23. The van der Waals surface area contributed by atoms with Crippen molar-refractivity contribution in [1.29, 1.82) is 0 Å². The summed E-state index contributed by atoms with van der Waals surface area (Å²) >= 11 is 0. The Balaban J connectivity index is 1.83. The standard InChI is InChI=1S/C32H34N2O6/c1-8-33-25-12-10-9-11-23(25)24-15-20(13-14-26(24)33)34(21-16-27(35-2)31(39-6)28(17-21)36-3)22-18-29(37-4)32(40-7)30(19-22)38-5/h9-19H,8H2,1-7H3. The zero-order valence-corrected chi connectivity index (χ0v) is 23.9. The third kappa shape index (κ3) is 4.35. The number of para-hydroxylation sites is 1. The van der Waals surface area contributed by atoms with Gasteiger partial charge >= 0.3 is 0 Å². The molecule has 0 aliphatic rings. The third-order valence-electron chi connectivity index (χ3n) is 7.15. The summed E-state index contributed by atoms with van der Waals surface area (Å²) in [5.41, 5.74) is 4.88. The van der Waals surface area contributed by atoms with Gasteiger partial charge in [-0.3, -0.25) is 0 Å². The van der Waals surface area contributed by atoms with Gasteiger partial charge in [-0.1, -0.05) is 18.2 Å². The number of ether oxygens (including phenoxy) is 6. The van der Waals surface area contributed by atoms with Crippen molar-refractivity contribution >= 4 is 38.9 Å². The number of aryl methyl sites for hydroxylation is 1. The van der Waals surface area contributed by atoms with Crippen LogP contribution in [0, 0.1) is 0 Å². The van der Waals surface area contributed by atoms with Crippen LogP contribution in [0.2, 0.25) is 0 Å². The van der Waals surface area contributed by atoms with Crippen LogP contribution in [-0.2, 0) is 6.54 Å². The summed E-state index contributed by atoms with van der Waals surface area (Å²) in [6.07, 6.45) is 0. The van der Waals surface area contributed by atoms with E-state index in [0.29, 0.717) is 34.5 Å². The van der Waals surface area contributed by atoms with Gasteiger partial charge in [-0.15, -0.1) is 0 Å². The van der Waals surface area contributed by atoms with Gasteiger partial charge < -0.3 is 37.9 Å². The van der Waals surface area contributed by atoms with E-state index >= 15 is 0 Å². The SMILES string of the molecule is CCn1c2ccccc2c2cc(N(c3cc(OC)c(OC)c(OC)c3)c3cc(OC)c(OC)c(OC)c3)ccc21. The molecule has 8 heteroatoms. The fourth-order valence-electron chi connectivity index (χ4n) is 5.36. The van der Waals surface area contributed by atoms with Gasteiger partial charge in [-0.05, 0) is 31.2 Å². The zero-order chi connectivity index (χ0) is 28.4. The monoisotopic (exact) mass is 542 g/mol. The quantitative estimate of drug-likeness (QED) is 0.183. The van der Waals surface area contributed by atoms with Crippen LogP contribution in [0.5, 0.6) is 34.5 Å². The number of hydrogen-bond donors (Lipinski definition) is 0. The van der Waals surface area contributed by atoms with Gasteiger partial charge in [0.25, 0.3) is 0 Å². The Bertz CT molecular complexity index is 1560. The smallest absolute Gasteiger partial charge is 0.203 e. The Labute approximate surface area is 234 Å². The normalized spacial score (nSPS) is 11.0. The molecule has 1 aromatic heterocycles. The summed E-state index contributed by atoms with van der Waals surface area (Å²) in [6.45, 7) is 3.03. The molecule has 0 aliphatic heterocycles. The molecule has 0 N–H and O–H groups in total. The lowest BCUT2D eigenvalue weighted by Gasteiger charge is -2.28. The predicted molar refractivity (Wildman–Crippen MR) is 159 cm³/mol. The summed E-state index contributed by atoms with van der Waals surface area (Å²) in [5, 5.41) is 2.34. The molecule has 0 atom stereocenters. The molecule has 0 saturated carbocycles. The molecule has 0 spiro atoms. The molecule has 8 nitrogen and oxygen atoms in total. The molecule has 0 amide bonds. The second-order valence-corrected chi connectivity index (χ2v) is 9.07. The van der Waals surface area contributed by atoms with Crippen LogP contribution in [0.15, 0.2) is 66.7 Å². The highest BCUT2D eigenvalue weighted by atomic mass is 16.5. The molecule has 0 unspecified atom stereocenters. The minimum absolute atomic E-state index is 0.514. The Kier molecular flexibility index (Phi) is 7.51. The summed E-state index contributed by atoms with van der Waals surface area (Å²) in [4.78, 5) is 2.10. The lowest BCUT2D eigenvalue weighted by molar-refractivity contribution is 0.324. The molecule has 0 aliphatic carbocycles. The number of rotatable bonds is 10. The van der Waals surface area contributed by atoms with Crippen molar-refractivity contribution in [2.75, 3.05) is 47.6 Å². The van der Waals surface area contributed by atoms with Crippen LogP contribution in [0.1, 0.15) is 6.92 Å². The maximum atomic E-state index is 5.71. The Morgan fingerprint density at radius 1 is 0.525 bits per heavy atom. The van der Waals surface area contributed by atoms with Crippen molar-refractivity contribution in [2.24, 2.45) is 0 Å². The number of aromatic nitrogens is 1. The molecule has 0 bridgehead atoms. The molecule has 1 heterocycles. The number of benzene rings is 4. The predicted octanol–water partition coefficient (Wildman–Crippen LogP) is 7.34. The van der Waals surface area contributed by atoms with Crippen LogP contribution in [-0.4, -0.2) is 47.2 Å². The van der Waals surface area contributed by atoms with E-state index < -0.39 is 0 Å². The van der Waals surface area contributed by atoms with Crippen molar-refractivity contribution in [1.82, 2.24) is 4.57 Å². The summed E-state index contributed by atoms with van der Waals surface area (Å²) in [5.74, 6) is 3.19. The molecule has 0 radical (unpaired) electrons. The van der Waals surface area contributed by atoms with Crippen LogP contribution >= 0.6 is 0 Å². The Morgan fingerprint density at radius 2 is 1.00 bits per heavy atom. The first-order valence-electron chi connectivity index (χ1n) is 12.9. The van der Waals surface area contributed by atoms with Gasteiger partial charge in [0, 0.05) is 58.3 Å². The summed E-state index contributed by atoms with van der Waals surface area (Å²) in [6, 6.07) is 22.6. The Hall–Kier alpha value is -4.72. The summed E-state index contributed by atoms with van der Waals surface area (Å²) in [7, 11) is 9.61. The topological polar surface area (TPSA) is 63.6 Å². The van der Waals surface area contributed by atoms with E-state index in [1.165, 1.54) is 16.4 Å². The van der Waals surface area contributed by atoms with Crippen LogP contribution < -0.4 is 33.3 Å². The van der Waals surface area contributed by atoms with Crippen LogP contribution in [0.4, 0.5) is 17.1 Å². The van der Waals surface area contributed by atoms with Gasteiger partial charge in [0.1, 0.15) is 0 Å². The van der Waals surface area contributed by atoms with Gasteiger partial charge in [0.05, 0.1) is 54.0 Å². The molecule has 5 aromatic rings. The van der Waals surface area contributed by atoms with Crippen LogP contribution in [0.3, 0.4) is 0 Å². The maximum Gasteiger partial charge on any atom is 0.203 e. The van der Waals surface area contributed by atoms with Crippen LogP contribution in [0.25, 0.3) is 21.8 Å². The van der Waals surface area contributed by atoms with Gasteiger partial charge in [-0.2, -0.15) is 0 Å². The number of anilines is 3. The third-order valence-corrected chi connectivity index (χ3v) is 7.15. The lowest BCUT2D eigenvalue weighted by atomic mass is 10.1. The van der Waals surface area contributed by atoms with Crippen molar-refractivity contribution in [3.8, 4) is 34.5 Å². The first kappa shape index (κ1) is 26.9. The number of methoxy groups -OCH3 is 6. The molecule has 5 rings (SSSR count).